The summed E-state index contributed by atoms with van der Waals surface area (Å²) in [7, 11) is -3.76. The molecule has 1 heterocycles. The van der Waals surface area contributed by atoms with Crippen LogP contribution in [-0.4, -0.2) is 38.3 Å². The molecule has 2 aromatic rings. The Bertz CT molecular complexity index is 1040. The number of benzene rings is 2. The van der Waals surface area contributed by atoms with Gasteiger partial charge in [0, 0.05) is 30.8 Å². The number of anilines is 1. The SMILES string of the molecule is CCOc1ccc(S(=O)(=O)N2CCC(C(=O)Nc3ccc(F)c(F)c3)CC2)cc1Cl. The van der Waals surface area contributed by atoms with E-state index in [0.29, 0.717) is 25.2 Å². The Hall–Kier alpha value is -2.23. The zero-order valence-electron chi connectivity index (χ0n) is 16.2. The van der Waals surface area contributed by atoms with E-state index in [4.69, 9.17) is 16.3 Å². The Morgan fingerprint density at radius 2 is 1.87 bits per heavy atom. The third kappa shape index (κ3) is 4.91. The number of piperidine rings is 1. The molecular formula is C20H21ClF2N2O4S. The van der Waals surface area contributed by atoms with Crippen LogP contribution < -0.4 is 10.1 Å². The van der Waals surface area contributed by atoms with E-state index in [9.17, 15) is 22.0 Å². The minimum absolute atomic E-state index is 0.0561. The fourth-order valence-corrected chi connectivity index (χ4v) is 5.04. The highest BCUT2D eigenvalue weighted by molar-refractivity contribution is 7.89. The van der Waals surface area contributed by atoms with Gasteiger partial charge in [-0.2, -0.15) is 4.31 Å². The van der Waals surface area contributed by atoms with Gasteiger partial charge in [0.1, 0.15) is 5.75 Å². The Morgan fingerprint density at radius 3 is 2.47 bits per heavy atom. The molecule has 0 spiro atoms. The fraction of sp³-hybridized carbons (Fsp3) is 0.350. The molecule has 1 N–H and O–H groups in total. The summed E-state index contributed by atoms with van der Waals surface area (Å²) < 4.78 is 58.7. The molecule has 6 nitrogen and oxygen atoms in total. The third-order valence-electron chi connectivity index (χ3n) is 4.85. The number of ether oxygens (including phenoxy) is 1. The van der Waals surface area contributed by atoms with E-state index in [1.54, 1.807) is 6.92 Å². The van der Waals surface area contributed by atoms with Gasteiger partial charge in [-0.15, -0.1) is 0 Å². The molecule has 0 aromatic heterocycles. The quantitative estimate of drug-likeness (QED) is 0.708. The molecule has 0 saturated carbocycles. The lowest BCUT2D eigenvalue weighted by Crippen LogP contribution is -2.41. The summed E-state index contributed by atoms with van der Waals surface area (Å²) in [5.41, 5.74) is 0.151. The summed E-state index contributed by atoms with van der Waals surface area (Å²) in [6.07, 6.45) is 0.610. The summed E-state index contributed by atoms with van der Waals surface area (Å²) in [6, 6.07) is 7.41. The lowest BCUT2D eigenvalue weighted by atomic mass is 9.97. The summed E-state index contributed by atoms with van der Waals surface area (Å²) in [6.45, 7) is 2.52. The summed E-state index contributed by atoms with van der Waals surface area (Å²) in [5.74, 6) is -2.44. The number of nitrogens with zero attached hydrogens (tertiary/aromatic N) is 1. The molecule has 2 aromatic carbocycles. The van der Waals surface area contributed by atoms with E-state index >= 15 is 0 Å². The molecule has 0 bridgehead atoms. The minimum atomic E-state index is -3.76. The molecule has 162 valence electrons. The van der Waals surface area contributed by atoms with Crippen LogP contribution in [0.3, 0.4) is 0 Å². The molecule has 3 rings (SSSR count). The van der Waals surface area contributed by atoms with Crippen molar-refractivity contribution in [2.75, 3.05) is 25.0 Å². The van der Waals surface area contributed by atoms with Gasteiger partial charge in [0.2, 0.25) is 15.9 Å². The van der Waals surface area contributed by atoms with Gasteiger partial charge in [0.05, 0.1) is 16.5 Å². The second kappa shape index (κ2) is 9.28. The number of carbonyl (C=O) groups is 1. The van der Waals surface area contributed by atoms with Crippen LogP contribution in [0, 0.1) is 17.6 Å². The number of halogens is 3. The molecule has 1 amide bonds. The van der Waals surface area contributed by atoms with Crippen LogP contribution in [0.5, 0.6) is 5.75 Å². The smallest absolute Gasteiger partial charge is 0.243 e. The molecule has 0 aliphatic carbocycles. The monoisotopic (exact) mass is 458 g/mol. The Morgan fingerprint density at radius 1 is 1.17 bits per heavy atom. The van der Waals surface area contributed by atoms with E-state index in [1.807, 2.05) is 0 Å². The van der Waals surface area contributed by atoms with Crippen molar-refractivity contribution >= 4 is 33.2 Å². The first-order valence-corrected chi connectivity index (χ1v) is 11.2. The van der Waals surface area contributed by atoms with Crippen molar-refractivity contribution in [2.24, 2.45) is 5.92 Å². The second-order valence-corrected chi connectivity index (χ2v) is 9.17. The van der Waals surface area contributed by atoms with Gasteiger partial charge in [-0.1, -0.05) is 11.6 Å². The van der Waals surface area contributed by atoms with E-state index in [2.05, 4.69) is 5.32 Å². The lowest BCUT2D eigenvalue weighted by molar-refractivity contribution is -0.120. The predicted molar refractivity (Wildman–Crippen MR) is 109 cm³/mol. The number of hydrogen-bond acceptors (Lipinski definition) is 4. The van der Waals surface area contributed by atoms with E-state index in [0.717, 1.165) is 12.1 Å². The van der Waals surface area contributed by atoms with E-state index < -0.39 is 27.6 Å². The minimum Gasteiger partial charge on any atom is -0.492 e. The van der Waals surface area contributed by atoms with Gasteiger partial charge in [0.25, 0.3) is 0 Å². The first kappa shape index (κ1) is 22.5. The predicted octanol–water partition coefficient (Wildman–Crippen LogP) is 4.06. The topological polar surface area (TPSA) is 75.7 Å². The molecule has 0 unspecified atom stereocenters. The van der Waals surface area contributed by atoms with Crippen molar-refractivity contribution in [3.63, 3.8) is 0 Å². The van der Waals surface area contributed by atoms with Gasteiger partial charge in [0.15, 0.2) is 11.6 Å². The van der Waals surface area contributed by atoms with Crippen LogP contribution in [0.2, 0.25) is 5.02 Å². The number of carbonyl (C=O) groups excluding carboxylic acids is 1. The summed E-state index contributed by atoms with van der Waals surface area (Å²) >= 11 is 6.10. The summed E-state index contributed by atoms with van der Waals surface area (Å²) in [5, 5.41) is 2.75. The molecule has 0 atom stereocenters. The van der Waals surface area contributed by atoms with Crippen LogP contribution in [0.1, 0.15) is 19.8 Å². The number of nitrogens with one attached hydrogen (secondary N) is 1. The zero-order chi connectivity index (χ0) is 21.9. The van der Waals surface area contributed by atoms with Crippen molar-refractivity contribution in [2.45, 2.75) is 24.7 Å². The van der Waals surface area contributed by atoms with Crippen molar-refractivity contribution in [3.05, 3.63) is 53.1 Å². The van der Waals surface area contributed by atoms with Crippen LogP contribution in [0.25, 0.3) is 0 Å². The molecule has 1 saturated heterocycles. The maximum atomic E-state index is 13.3. The lowest BCUT2D eigenvalue weighted by Gasteiger charge is -2.30. The van der Waals surface area contributed by atoms with Gasteiger partial charge in [-0.25, -0.2) is 17.2 Å². The van der Waals surface area contributed by atoms with Crippen LogP contribution >= 0.6 is 11.6 Å². The largest absolute Gasteiger partial charge is 0.492 e. The second-order valence-electron chi connectivity index (χ2n) is 6.82. The zero-order valence-corrected chi connectivity index (χ0v) is 17.8. The Labute approximate surface area is 178 Å². The van der Waals surface area contributed by atoms with Gasteiger partial charge >= 0.3 is 0 Å². The highest BCUT2D eigenvalue weighted by atomic mass is 35.5. The van der Waals surface area contributed by atoms with Gasteiger partial charge < -0.3 is 10.1 Å². The molecule has 0 radical (unpaired) electrons. The number of hydrogen-bond donors (Lipinski definition) is 1. The van der Waals surface area contributed by atoms with Crippen molar-refractivity contribution in [1.29, 1.82) is 0 Å². The fourth-order valence-electron chi connectivity index (χ4n) is 3.24. The highest BCUT2D eigenvalue weighted by Gasteiger charge is 2.32. The van der Waals surface area contributed by atoms with E-state index in [1.165, 1.54) is 28.6 Å². The average molecular weight is 459 g/mol. The number of sulfonamides is 1. The molecule has 1 fully saturated rings. The third-order valence-corrected chi connectivity index (χ3v) is 7.04. The Balaban J connectivity index is 1.63. The average Bonchev–Trinajstić information content (AvgIpc) is 2.72. The first-order valence-electron chi connectivity index (χ1n) is 9.40. The maximum Gasteiger partial charge on any atom is 0.243 e. The molecular weight excluding hydrogens is 438 g/mol. The normalized spacial score (nSPS) is 15.7. The van der Waals surface area contributed by atoms with Crippen molar-refractivity contribution < 1.29 is 26.7 Å². The molecule has 30 heavy (non-hydrogen) atoms. The van der Waals surface area contributed by atoms with Crippen molar-refractivity contribution in [3.8, 4) is 5.75 Å². The van der Waals surface area contributed by atoms with E-state index in [-0.39, 0.29) is 34.6 Å². The van der Waals surface area contributed by atoms with Crippen molar-refractivity contribution in [1.82, 2.24) is 4.31 Å². The highest BCUT2D eigenvalue weighted by Crippen LogP contribution is 2.30. The van der Waals surface area contributed by atoms with Crippen LogP contribution in [0.15, 0.2) is 41.3 Å². The first-order chi connectivity index (χ1) is 14.2. The van der Waals surface area contributed by atoms with Crippen LogP contribution in [0.4, 0.5) is 14.5 Å². The summed E-state index contributed by atoms with van der Waals surface area (Å²) in [4.78, 5) is 12.5. The van der Waals surface area contributed by atoms with Gasteiger partial charge in [-0.3, -0.25) is 4.79 Å². The maximum absolute atomic E-state index is 13.3. The van der Waals surface area contributed by atoms with Crippen LogP contribution in [-0.2, 0) is 14.8 Å². The Kier molecular flexibility index (Phi) is 6.95. The number of rotatable bonds is 6. The molecule has 1 aliphatic heterocycles. The number of amides is 1. The standard InChI is InChI=1S/C20H21ClF2N2O4S/c1-2-29-19-6-4-15(12-16(19)21)30(27,28)25-9-7-13(8-10-25)20(26)24-14-3-5-17(22)18(23)11-14/h3-6,11-13H,2,7-10H2,1H3,(H,24,26). The van der Waals surface area contributed by atoms with Gasteiger partial charge in [-0.05, 0) is 50.1 Å². The molecule has 1 aliphatic rings. The molecule has 10 heteroatoms.